The third-order valence-corrected chi connectivity index (χ3v) is 5.44. The molecule has 155 valence electrons. The summed E-state index contributed by atoms with van der Waals surface area (Å²) in [6.07, 6.45) is 3.59. The number of aromatic nitrogens is 2. The molecule has 0 saturated carbocycles. The first-order valence-electron chi connectivity index (χ1n) is 10.1. The van der Waals surface area contributed by atoms with Crippen molar-refractivity contribution < 1.29 is 24.5 Å². The van der Waals surface area contributed by atoms with E-state index >= 15 is 0 Å². The third kappa shape index (κ3) is 3.34. The molecule has 0 amide bonds. The fourth-order valence-corrected chi connectivity index (χ4v) is 4.11. The fraction of sp³-hybridized carbons (Fsp3) is 0. The average Bonchev–Trinajstić information content (AvgIpc) is 3.25. The number of nitrogens with zero attached hydrogens (tertiary/aromatic N) is 2. The fourth-order valence-electron chi connectivity index (χ4n) is 4.11. The predicted octanol–water partition coefficient (Wildman–Crippen LogP) is 7.07. The molecule has 7 aromatic rings. The number of furan rings is 1. The number of rotatable bonds is 1. The van der Waals surface area contributed by atoms with Gasteiger partial charge in [0.2, 0.25) is 0 Å². The number of fused-ring (bicyclic) bond motifs is 3. The van der Waals surface area contributed by atoms with E-state index in [0.29, 0.717) is 0 Å². The molecule has 0 aliphatic carbocycles. The molecule has 0 N–H and O–H groups in total. The maximum atomic E-state index is 5.93. The van der Waals surface area contributed by atoms with Gasteiger partial charge in [-0.15, -0.1) is 65.5 Å². The zero-order valence-electron chi connectivity index (χ0n) is 16.9. The molecule has 1 radical (unpaired) electrons. The minimum Gasteiger partial charge on any atom is -0.457 e. The van der Waals surface area contributed by atoms with E-state index in [0.717, 1.165) is 38.7 Å². The summed E-state index contributed by atoms with van der Waals surface area (Å²) < 4.78 is 5.93. The van der Waals surface area contributed by atoms with Crippen molar-refractivity contribution in [2.24, 2.45) is 0 Å². The quantitative estimate of drug-likeness (QED) is 0.152. The summed E-state index contributed by atoms with van der Waals surface area (Å²) >= 11 is 0. The molecule has 3 nitrogen and oxygen atoms in total. The van der Waals surface area contributed by atoms with Crippen LogP contribution in [-0.4, -0.2) is 9.97 Å². The van der Waals surface area contributed by atoms with Crippen molar-refractivity contribution in [3.63, 3.8) is 0 Å². The molecule has 0 bridgehead atoms. The van der Waals surface area contributed by atoms with Gasteiger partial charge in [0.15, 0.2) is 0 Å². The van der Waals surface area contributed by atoms with Gasteiger partial charge in [-0.05, 0) is 29.3 Å². The summed E-state index contributed by atoms with van der Waals surface area (Å²) in [5, 5.41) is 5.75. The minimum absolute atomic E-state index is 0. The second-order valence-electron chi connectivity index (χ2n) is 7.26. The molecule has 0 saturated heterocycles. The first-order chi connectivity index (χ1) is 15.4. The van der Waals surface area contributed by atoms with E-state index in [1.165, 1.54) is 16.2 Å². The van der Waals surface area contributed by atoms with Crippen molar-refractivity contribution in [1.82, 2.24) is 9.97 Å². The Kier molecular flexibility index (Phi) is 5.40. The van der Waals surface area contributed by atoms with Gasteiger partial charge in [0.05, 0.1) is 0 Å². The zero-order valence-corrected chi connectivity index (χ0v) is 19.3. The van der Waals surface area contributed by atoms with Gasteiger partial charge in [0, 0.05) is 48.8 Å². The van der Waals surface area contributed by atoms with Gasteiger partial charge < -0.3 is 14.4 Å². The van der Waals surface area contributed by atoms with Crippen molar-refractivity contribution in [3.8, 4) is 11.3 Å². The molecule has 32 heavy (non-hydrogen) atoms. The van der Waals surface area contributed by atoms with Gasteiger partial charge in [-0.1, -0.05) is 29.7 Å². The summed E-state index contributed by atoms with van der Waals surface area (Å²) in [7, 11) is 0. The Morgan fingerprint density at radius 3 is 2.31 bits per heavy atom. The van der Waals surface area contributed by atoms with Gasteiger partial charge in [-0.3, -0.25) is 0 Å². The normalized spacial score (nSPS) is 10.9. The van der Waals surface area contributed by atoms with Crippen molar-refractivity contribution >= 4 is 43.6 Å². The van der Waals surface area contributed by atoms with Crippen molar-refractivity contribution in [1.29, 1.82) is 0 Å². The molecule has 7 rings (SSSR count). The van der Waals surface area contributed by atoms with Crippen LogP contribution >= 0.6 is 0 Å². The number of hydrogen-bond donors (Lipinski definition) is 0. The van der Waals surface area contributed by atoms with Crippen LogP contribution in [0.4, 0.5) is 0 Å². The van der Waals surface area contributed by atoms with Crippen LogP contribution in [0.3, 0.4) is 0 Å². The van der Waals surface area contributed by atoms with Crippen LogP contribution < -0.4 is 0 Å². The van der Waals surface area contributed by atoms with E-state index in [9.17, 15) is 0 Å². The van der Waals surface area contributed by atoms with E-state index < -0.39 is 0 Å². The molecule has 0 aliphatic rings. The van der Waals surface area contributed by atoms with Crippen LogP contribution in [0.1, 0.15) is 0 Å². The standard InChI is InChI=1S/C17H8NO.C11H8N.Ir/c1-2-5-12-10(4-1)11-6-3-7-13-15(11)16-14(19-13)8-9-18-17(12)16;1-2-6-10(7-3-1)11-8-4-5-9-12-11;/h1-4,6-9H;1-6,8-9H;/q2*-1;. The Bertz CT molecular complexity index is 1500. The summed E-state index contributed by atoms with van der Waals surface area (Å²) in [5.74, 6) is 0. The van der Waals surface area contributed by atoms with Crippen molar-refractivity contribution in [3.05, 3.63) is 109 Å². The van der Waals surface area contributed by atoms with Gasteiger partial charge >= 0.3 is 0 Å². The number of benzene rings is 4. The van der Waals surface area contributed by atoms with Gasteiger partial charge in [0.1, 0.15) is 11.2 Å². The maximum absolute atomic E-state index is 5.93. The Morgan fingerprint density at radius 2 is 1.47 bits per heavy atom. The Labute approximate surface area is 198 Å². The van der Waals surface area contributed by atoms with E-state index in [1.54, 1.807) is 12.4 Å². The molecular weight excluding hydrogens is 573 g/mol. The van der Waals surface area contributed by atoms with Crippen LogP contribution in [0.15, 0.2) is 102 Å². The molecular formula is C28H16IrN2O-2. The topological polar surface area (TPSA) is 38.9 Å². The summed E-state index contributed by atoms with van der Waals surface area (Å²) in [5.41, 5.74) is 4.81. The third-order valence-electron chi connectivity index (χ3n) is 5.44. The number of pyridine rings is 2. The molecule has 3 heterocycles. The zero-order chi connectivity index (χ0) is 20.6. The minimum atomic E-state index is 0. The summed E-state index contributed by atoms with van der Waals surface area (Å²) in [6.45, 7) is 0. The van der Waals surface area contributed by atoms with E-state index in [2.05, 4.69) is 34.2 Å². The summed E-state index contributed by atoms with van der Waals surface area (Å²) in [4.78, 5) is 8.76. The monoisotopic (exact) mass is 589 g/mol. The second kappa shape index (κ2) is 8.51. The van der Waals surface area contributed by atoms with Crippen LogP contribution in [0.5, 0.6) is 0 Å². The van der Waals surface area contributed by atoms with Crippen LogP contribution in [-0.2, 0) is 20.1 Å². The smallest absolute Gasteiger partial charge is 0.134 e. The molecule has 4 aromatic carbocycles. The molecule has 3 aromatic heterocycles. The van der Waals surface area contributed by atoms with Gasteiger partial charge in [0.25, 0.3) is 0 Å². The predicted molar refractivity (Wildman–Crippen MR) is 125 cm³/mol. The van der Waals surface area contributed by atoms with Crippen LogP contribution in [0.2, 0.25) is 0 Å². The van der Waals surface area contributed by atoms with Crippen LogP contribution in [0, 0.1) is 12.1 Å². The summed E-state index contributed by atoms with van der Waals surface area (Å²) in [6, 6.07) is 34.3. The van der Waals surface area contributed by atoms with E-state index in [4.69, 9.17) is 4.42 Å². The molecule has 4 heteroatoms. The van der Waals surface area contributed by atoms with E-state index in [-0.39, 0.29) is 20.1 Å². The first kappa shape index (κ1) is 20.3. The SMILES string of the molecule is [Ir].[c-]1cccc2c1c1nccc3oc4cccc2c4c31.[c-]1ccccc1-c1ccccn1. The van der Waals surface area contributed by atoms with Crippen LogP contribution in [0.25, 0.3) is 54.9 Å². The second-order valence-corrected chi connectivity index (χ2v) is 7.26. The first-order valence-corrected chi connectivity index (χ1v) is 10.1. The largest absolute Gasteiger partial charge is 0.457 e. The number of hydrogen-bond acceptors (Lipinski definition) is 3. The van der Waals surface area contributed by atoms with Crippen molar-refractivity contribution in [2.45, 2.75) is 0 Å². The molecule has 0 atom stereocenters. The average molecular weight is 589 g/mol. The molecule has 0 unspecified atom stereocenters. The molecule has 0 aliphatic heterocycles. The molecule has 0 fully saturated rings. The van der Waals surface area contributed by atoms with Gasteiger partial charge in [-0.2, -0.15) is 0 Å². The van der Waals surface area contributed by atoms with Crippen molar-refractivity contribution in [2.75, 3.05) is 0 Å². The molecule has 0 spiro atoms. The van der Waals surface area contributed by atoms with E-state index in [1.807, 2.05) is 72.8 Å². The Hall–Kier alpha value is -3.59. The maximum Gasteiger partial charge on any atom is 0.134 e. The van der Waals surface area contributed by atoms with Gasteiger partial charge in [-0.25, -0.2) is 0 Å². The Morgan fingerprint density at radius 1 is 0.625 bits per heavy atom. The Balaban J connectivity index is 0.000000145.